The number of nitrogens with one attached hydrogen (secondary N) is 1. The van der Waals surface area contributed by atoms with Gasteiger partial charge in [-0.3, -0.25) is 4.72 Å². The van der Waals surface area contributed by atoms with E-state index in [4.69, 9.17) is 28.9 Å². The van der Waals surface area contributed by atoms with Crippen molar-refractivity contribution in [2.75, 3.05) is 10.5 Å². The molecule has 0 radical (unpaired) electrons. The van der Waals surface area contributed by atoms with Crippen LogP contribution in [0, 0.1) is 6.92 Å². The minimum absolute atomic E-state index is 0.0356. The molecule has 0 aromatic heterocycles. The molecule has 2 aromatic carbocycles. The van der Waals surface area contributed by atoms with Gasteiger partial charge in [-0.1, -0.05) is 29.3 Å². The normalized spacial score (nSPS) is 11.3. The Morgan fingerprint density at radius 1 is 1.05 bits per heavy atom. The van der Waals surface area contributed by atoms with Crippen LogP contribution in [0.1, 0.15) is 5.56 Å². The molecule has 0 heterocycles. The Bertz CT molecular complexity index is 761. The van der Waals surface area contributed by atoms with Crippen LogP contribution in [0.25, 0.3) is 0 Å². The third-order valence-corrected chi connectivity index (χ3v) is 4.82. The van der Waals surface area contributed by atoms with E-state index >= 15 is 0 Å². The molecule has 0 saturated carbocycles. The van der Waals surface area contributed by atoms with E-state index in [-0.39, 0.29) is 9.92 Å². The van der Waals surface area contributed by atoms with E-state index in [2.05, 4.69) is 4.72 Å². The molecule has 2 rings (SSSR count). The summed E-state index contributed by atoms with van der Waals surface area (Å²) in [6, 6.07) is 9.05. The molecule has 0 bridgehead atoms. The maximum Gasteiger partial charge on any atom is 0.261 e. The standard InChI is InChI=1S/C13H12Cl2N2O2S/c1-8-2-3-9(6-11(8)14)17-20(18,19)10-4-5-13(16)12(15)7-10/h2-7,17H,16H2,1H3. The minimum Gasteiger partial charge on any atom is -0.398 e. The van der Waals surface area contributed by atoms with Crippen LogP contribution in [-0.4, -0.2) is 8.42 Å². The van der Waals surface area contributed by atoms with Crippen LogP contribution in [0.5, 0.6) is 0 Å². The summed E-state index contributed by atoms with van der Waals surface area (Å²) < 4.78 is 26.9. The molecule has 0 fully saturated rings. The topological polar surface area (TPSA) is 72.2 Å². The van der Waals surface area contributed by atoms with Gasteiger partial charge in [-0.2, -0.15) is 0 Å². The molecular formula is C13H12Cl2N2O2S. The monoisotopic (exact) mass is 330 g/mol. The Kier molecular flexibility index (Phi) is 4.13. The van der Waals surface area contributed by atoms with E-state index in [1.54, 1.807) is 18.2 Å². The fourth-order valence-corrected chi connectivity index (χ4v) is 3.05. The molecule has 20 heavy (non-hydrogen) atoms. The van der Waals surface area contributed by atoms with Crippen molar-refractivity contribution in [1.82, 2.24) is 0 Å². The van der Waals surface area contributed by atoms with Gasteiger partial charge in [0.05, 0.1) is 21.3 Å². The van der Waals surface area contributed by atoms with Crippen LogP contribution in [0.15, 0.2) is 41.3 Å². The van der Waals surface area contributed by atoms with Gasteiger partial charge in [-0.25, -0.2) is 8.42 Å². The highest BCUT2D eigenvalue weighted by Gasteiger charge is 2.15. The van der Waals surface area contributed by atoms with E-state index in [0.29, 0.717) is 16.4 Å². The molecule has 0 saturated heterocycles. The maximum atomic E-state index is 12.2. The molecule has 106 valence electrons. The zero-order chi connectivity index (χ0) is 14.9. The number of nitrogens with two attached hydrogens (primary N) is 1. The van der Waals surface area contributed by atoms with Crippen LogP contribution >= 0.6 is 23.2 Å². The molecule has 0 aliphatic carbocycles. The van der Waals surface area contributed by atoms with Gasteiger partial charge in [0.15, 0.2) is 0 Å². The summed E-state index contributed by atoms with van der Waals surface area (Å²) >= 11 is 11.8. The van der Waals surface area contributed by atoms with Gasteiger partial charge >= 0.3 is 0 Å². The largest absolute Gasteiger partial charge is 0.398 e. The average Bonchev–Trinajstić information content (AvgIpc) is 2.37. The SMILES string of the molecule is Cc1ccc(NS(=O)(=O)c2ccc(N)c(Cl)c2)cc1Cl. The van der Waals surface area contributed by atoms with Crippen molar-refractivity contribution in [1.29, 1.82) is 0 Å². The third-order valence-electron chi connectivity index (χ3n) is 2.71. The Labute approximate surface area is 127 Å². The number of sulfonamides is 1. The summed E-state index contributed by atoms with van der Waals surface area (Å²) in [5.74, 6) is 0. The fourth-order valence-electron chi connectivity index (χ4n) is 1.55. The number of nitrogen functional groups attached to an aromatic ring is 1. The number of rotatable bonds is 3. The van der Waals surface area contributed by atoms with Gasteiger partial charge in [0.1, 0.15) is 0 Å². The maximum absolute atomic E-state index is 12.2. The first-order valence-corrected chi connectivity index (χ1v) is 7.87. The quantitative estimate of drug-likeness (QED) is 0.843. The third kappa shape index (κ3) is 3.17. The number of benzene rings is 2. The molecule has 4 nitrogen and oxygen atoms in total. The van der Waals surface area contributed by atoms with E-state index in [1.165, 1.54) is 18.2 Å². The zero-order valence-electron chi connectivity index (χ0n) is 10.5. The van der Waals surface area contributed by atoms with Crippen LogP contribution in [0.2, 0.25) is 10.0 Å². The number of aryl methyl sites for hydroxylation is 1. The van der Waals surface area contributed by atoms with Gasteiger partial charge < -0.3 is 5.73 Å². The summed E-state index contributed by atoms with van der Waals surface area (Å²) in [7, 11) is -3.73. The smallest absolute Gasteiger partial charge is 0.261 e. The second-order valence-electron chi connectivity index (χ2n) is 4.25. The molecule has 0 aliphatic heterocycles. The highest BCUT2D eigenvalue weighted by atomic mass is 35.5. The molecule has 0 spiro atoms. The second-order valence-corrected chi connectivity index (χ2v) is 6.75. The Morgan fingerprint density at radius 3 is 2.35 bits per heavy atom. The number of hydrogen-bond acceptors (Lipinski definition) is 3. The van der Waals surface area contributed by atoms with Crippen molar-refractivity contribution in [3.05, 3.63) is 52.0 Å². The van der Waals surface area contributed by atoms with Crippen molar-refractivity contribution in [3.8, 4) is 0 Å². The molecule has 0 unspecified atom stereocenters. The van der Waals surface area contributed by atoms with Crippen LogP contribution in [0.4, 0.5) is 11.4 Å². The highest BCUT2D eigenvalue weighted by Crippen LogP contribution is 2.25. The summed E-state index contributed by atoms with van der Waals surface area (Å²) in [5, 5.41) is 0.676. The van der Waals surface area contributed by atoms with Crippen molar-refractivity contribution < 1.29 is 8.42 Å². The van der Waals surface area contributed by atoms with Gasteiger partial charge in [0.2, 0.25) is 0 Å². The zero-order valence-corrected chi connectivity index (χ0v) is 12.9. The Hall–Kier alpha value is -1.43. The lowest BCUT2D eigenvalue weighted by Gasteiger charge is -2.10. The lowest BCUT2D eigenvalue weighted by Crippen LogP contribution is -2.13. The Morgan fingerprint density at radius 2 is 1.75 bits per heavy atom. The summed E-state index contributed by atoms with van der Waals surface area (Å²) in [5.41, 5.74) is 7.13. The van der Waals surface area contributed by atoms with Gasteiger partial charge in [-0.15, -0.1) is 0 Å². The molecule has 0 amide bonds. The minimum atomic E-state index is -3.73. The lowest BCUT2D eigenvalue weighted by atomic mass is 10.2. The lowest BCUT2D eigenvalue weighted by molar-refractivity contribution is 0.601. The number of halogens is 2. The van der Waals surface area contributed by atoms with Crippen molar-refractivity contribution >= 4 is 44.6 Å². The fraction of sp³-hybridized carbons (Fsp3) is 0.0769. The number of hydrogen-bond donors (Lipinski definition) is 2. The van der Waals surface area contributed by atoms with Crippen molar-refractivity contribution in [2.24, 2.45) is 0 Å². The predicted molar refractivity (Wildman–Crippen MR) is 82.9 cm³/mol. The van der Waals surface area contributed by atoms with Crippen LogP contribution in [0.3, 0.4) is 0 Å². The van der Waals surface area contributed by atoms with E-state index in [0.717, 1.165) is 5.56 Å². The van der Waals surface area contributed by atoms with Crippen LogP contribution < -0.4 is 10.5 Å². The number of anilines is 2. The molecule has 0 aliphatic rings. The molecular weight excluding hydrogens is 319 g/mol. The predicted octanol–water partition coefficient (Wildman–Crippen LogP) is 3.68. The molecule has 0 atom stereocenters. The van der Waals surface area contributed by atoms with Crippen molar-refractivity contribution in [3.63, 3.8) is 0 Å². The molecule has 3 N–H and O–H groups in total. The van der Waals surface area contributed by atoms with Gasteiger partial charge in [-0.05, 0) is 42.8 Å². The molecule has 2 aromatic rings. The van der Waals surface area contributed by atoms with Gasteiger partial charge in [0.25, 0.3) is 10.0 Å². The summed E-state index contributed by atoms with van der Waals surface area (Å²) in [4.78, 5) is 0.0356. The first kappa shape index (κ1) is 15.0. The van der Waals surface area contributed by atoms with Crippen molar-refractivity contribution in [2.45, 2.75) is 11.8 Å². The average molecular weight is 331 g/mol. The van der Waals surface area contributed by atoms with E-state index < -0.39 is 10.0 Å². The first-order valence-electron chi connectivity index (χ1n) is 5.63. The second kappa shape index (κ2) is 5.52. The van der Waals surface area contributed by atoms with Gasteiger partial charge in [0, 0.05) is 5.02 Å². The van der Waals surface area contributed by atoms with E-state index in [9.17, 15) is 8.42 Å². The van der Waals surface area contributed by atoms with Crippen LogP contribution in [-0.2, 0) is 10.0 Å². The summed E-state index contributed by atoms with van der Waals surface area (Å²) in [6.45, 7) is 1.83. The Balaban J connectivity index is 2.35. The molecule has 7 heteroatoms. The highest BCUT2D eigenvalue weighted by molar-refractivity contribution is 7.92. The first-order chi connectivity index (χ1) is 9.29. The summed E-state index contributed by atoms with van der Waals surface area (Å²) in [6.07, 6.45) is 0. The van der Waals surface area contributed by atoms with E-state index in [1.807, 2.05) is 6.92 Å².